The highest BCUT2D eigenvalue weighted by Gasteiger charge is 2.43. The summed E-state index contributed by atoms with van der Waals surface area (Å²) in [7, 11) is 0. The number of benzene rings is 2. The number of nitrogens with one attached hydrogen (secondary N) is 2. The molecule has 6 heteroatoms. The van der Waals surface area contributed by atoms with Crippen LogP contribution in [-0.2, 0) is 22.4 Å². The zero-order valence-corrected chi connectivity index (χ0v) is 16.5. The van der Waals surface area contributed by atoms with Crippen molar-refractivity contribution in [2.75, 3.05) is 10.2 Å². The van der Waals surface area contributed by atoms with Crippen molar-refractivity contribution < 1.29 is 14.4 Å². The Balaban J connectivity index is 1.62. The van der Waals surface area contributed by atoms with Crippen molar-refractivity contribution in [3.8, 4) is 0 Å². The van der Waals surface area contributed by atoms with Crippen molar-refractivity contribution in [2.45, 2.75) is 33.1 Å². The van der Waals surface area contributed by atoms with Crippen molar-refractivity contribution in [2.24, 2.45) is 5.92 Å². The maximum Gasteiger partial charge on any atom is 0.335 e. The Morgan fingerprint density at radius 1 is 1.07 bits per heavy atom. The highest BCUT2D eigenvalue weighted by molar-refractivity contribution is 6.29. The minimum Gasteiger partial charge on any atom is -0.358 e. The highest BCUT2D eigenvalue weighted by atomic mass is 16.2. The zero-order valence-electron chi connectivity index (χ0n) is 16.5. The Bertz CT molecular complexity index is 1020. The standard InChI is InChI=1S/C23H23N3O3/c1-3-19(24-17-10-9-15-5-4-6-16(15)13-17)20-21(27)25-23(29)26(22(20)28)18-11-7-14(2)8-12-18/h3,7-13,20,24H,4-6H2,1-2H3,(H,25,27,29)/b19-3+/t20-/m1/s1. The average molecular weight is 389 g/mol. The molecule has 0 aromatic heterocycles. The first-order valence-corrected chi connectivity index (χ1v) is 9.78. The summed E-state index contributed by atoms with van der Waals surface area (Å²) in [6.45, 7) is 3.69. The van der Waals surface area contributed by atoms with Crippen molar-refractivity contribution in [3.05, 3.63) is 70.9 Å². The third-order valence-electron chi connectivity index (χ3n) is 5.46. The molecular formula is C23H23N3O3. The number of rotatable bonds is 4. The van der Waals surface area contributed by atoms with Crippen LogP contribution in [0.15, 0.2) is 54.2 Å². The Morgan fingerprint density at radius 2 is 1.79 bits per heavy atom. The number of carbonyl (C=O) groups is 3. The Kier molecular flexibility index (Phi) is 4.92. The van der Waals surface area contributed by atoms with Crippen LogP contribution in [0.4, 0.5) is 16.2 Å². The number of nitrogens with zero attached hydrogens (tertiary/aromatic N) is 1. The van der Waals surface area contributed by atoms with Crippen molar-refractivity contribution in [1.82, 2.24) is 5.32 Å². The minimum atomic E-state index is -1.12. The van der Waals surface area contributed by atoms with Crippen LogP contribution >= 0.6 is 0 Å². The fraction of sp³-hybridized carbons (Fsp3) is 0.261. The largest absolute Gasteiger partial charge is 0.358 e. The molecule has 0 radical (unpaired) electrons. The van der Waals surface area contributed by atoms with Gasteiger partial charge in [0.2, 0.25) is 5.91 Å². The quantitative estimate of drug-likeness (QED) is 0.782. The molecular weight excluding hydrogens is 366 g/mol. The molecule has 0 saturated carbocycles. The summed E-state index contributed by atoms with van der Waals surface area (Å²) in [5.74, 6) is -2.30. The van der Waals surface area contributed by atoms with Gasteiger partial charge in [-0.15, -0.1) is 0 Å². The fourth-order valence-corrected chi connectivity index (χ4v) is 3.91. The number of amides is 4. The maximum atomic E-state index is 13.2. The molecule has 1 saturated heterocycles. The molecule has 0 unspecified atom stereocenters. The molecule has 1 heterocycles. The van der Waals surface area contributed by atoms with Crippen LogP contribution < -0.4 is 15.5 Å². The molecule has 2 N–H and O–H groups in total. The highest BCUT2D eigenvalue weighted by Crippen LogP contribution is 2.29. The van der Waals surface area contributed by atoms with Crippen LogP contribution in [-0.4, -0.2) is 17.8 Å². The lowest BCUT2D eigenvalue weighted by Crippen LogP contribution is -2.59. The lowest BCUT2D eigenvalue weighted by molar-refractivity contribution is -0.132. The molecule has 6 nitrogen and oxygen atoms in total. The fourth-order valence-electron chi connectivity index (χ4n) is 3.91. The Labute approximate surface area is 169 Å². The van der Waals surface area contributed by atoms with Gasteiger partial charge in [-0.1, -0.05) is 29.8 Å². The van der Waals surface area contributed by atoms with Gasteiger partial charge in [-0.05, 0) is 68.5 Å². The van der Waals surface area contributed by atoms with Crippen LogP contribution in [0.2, 0.25) is 0 Å². The van der Waals surface area contributed by atoms with E-state index in [1.165, 1.54) is 11.1 Å². The SMILES string of the molecule is C/C=C(/Nc1ccc2c(c1)CCC2)[C@@H]1C(=O)NC(=O)N(c2ccc(C)cc2)C1=O. The van der Waals surface area contributed by atoms with Gasteiger partial charge in [0.05, 0.1) is 5.69 Å². The first-order valence-electron chi connectivity index (χ1n) is 9.78. The minimum absolute atomic E-state index is 0.434. The van der Waals surface area contributed by atoms with E-state index in [-0.39, 0.29) is 0 Å². The van der Waals surface area contributed by atoms with E-state index in [1.807, 2.05) is 25.1 Å². The molecule has 148 valence electrons. The number of aryl methyl sites for hydroxylation is 3. The van der Waals surface area contributed by atoms with Gasteiger partial charge in [0, 0.05) is 11.4 Å². The molecule has 4 amide bonds. The number of barbiturate groups is 1. The second-order valence-electron chi connectivity index (χ2n) is 7.44. The number of imide groups is 2. The predicted octanol–water partition coefficient (Wildman–Crippen LogP) is 3.70. The number of fused-ring (bicyclic) bond motifs is 1. The Hall–Kier alpha value is -3.41. The van der Waals surface area contributed by atoms with E-state index in [2.05, 4.69) is 22.8 Å². The molecule has 2 aromatic rings. The number of anilines is 2. The molecule has 1 aliphatic heterocycles. The lowest BCUT2D eigenvalue weighted by Gasteiger charge is -2.31. The molecule has 1 atom stereocenters. The molecule has 1 fully saturated rings. The van der Waals surface area contributed by atoms with Crippen LogP contribution in [0.25, 0.3) is 0 Å². The number of hydrogen-bond donors (Lipinski definition) is 2. The smallest absolute Gasteiger partial charge is 0.335 e. The van der Waals surface area contributed by atoms with E-state index in [0.29, 0.717) is 11.4 Å². The molecule has 0 bridgehead atoms. The normalized spacial score (nSPS) is 19.2. The molecule has 4 rings (SSSR count). The average Bonchev–Trinajstić information content (AvgIpc) is 3.16. The topological polar surface area (TPSA) is 78.5 Å². The Morgan fingerprint density at radius 3 is 2.52 bits per heavy atom. The van der Waals surface area contributed by atoms with Gasteiger partial charge in [-0.25, -0.2) is 9.69 Å². The molecule has 0 spiro atoms. The summed E-state index contributed by atoms with van der Waals surface area (Å²) in [5, 5.41) is 5.54. The summed E-state index contributed by atoms with van der Waals surface area (Å²) in [6, 6.07) is 12.4. The van der Waals surface area contributed by atoms with E-state index in [9.17, 15) is 14.4 Å². The summed E-state index contributed by atoms with van der Waals surface area (Å²) in [4.78, 5) is 39.1. The van der Waals surface area contributed by atoms with E-state index in [4.69, 9.17) is 0 Å². The van der Waals surface area contributed by atoms with Crippen LogP contribution in [0.1, 0.15) is 30.0 Å². The van der Waals surface area contributed by atoms with Crippen molar-refractivity contribution >= 4 is 29.2 Å². The van der Waals surface area contributed by atoms with E-state index >= 15 is 0 Å². The number of urea groups is 1. The third kappa shape index (κ3) is 3.53. The summed E-state index contributed by atoms with van der Waals surface area (Å²) in [6.07, 6.45) is 4.97. The number of carbonyl (C=O) groups excluding carboxylic acids is 3. The summed E-state index contributed by atoms with van der Waals surface area (Å²) < 4.78 is 0. The number of allylic oxidation sites excluding steroid dienone is 1. The number of hydrogen-bond acceptors (Lipinski definition) is 4. The maximum absolute atomic E-state index is 13.2. The summed E-state index contributed by atoms with van der Waals surface area (Å²) in [5.41, 5.74) is 5.37. The van der Waals surface area contributed by atoms with E-state index in [1.54, 1.807) is 25.1 Å². The van der Waals surface area contributed by atoms with Gasteiger partial charge in [-0.2, -0.15) is 0 Å². The molecule has 2 aliphatic rings. The monoisotopic (exact) mass is 389 g/mol. The second-order valence-corrected chi connectivity index (χ2v) is 7.44. The summed E-state index contributed by atoms with van der Waals surface area (Å²) >= 11 is 0. The molecule has 2 aromatic carbocycles. The van der Waals surface area contributed by atoms with Crippen molar-refractivity contribution in [1.29, 1.82) is 0 Å². The molecule has 1 aliphatic carbocycles. The third-order valence-corrected chi connectivity index (χ3v) is 5.46. The zero-order chi connectivity index (χ0) is 20.5. The van der Waals surface area contributed by atoms with Gasteiger partial charge >= 0.3 is 6.03 Å². The van der Waals surface area contributed by atoms with E-state index in [0.717, 1.165) is 35.4 Å². The van der Waals surface area contributed by atoms with Gasteiger partial charge in [-0.3, -0.25) is 14.9 Å². The van der Waals surface area contributed by atoms with Gasteiger partial charge in [0.25, 0.3) is 5.91 Å². The lowest BCUT2D eigenvalue weighted by atomic mass is 9.98. The van der Waals surface area contributed by atoms with Crippen LogP contribution in [0, 0.1) is 12.8 Å². The van der Waals surface area contributed by atoms with Crippen LogP contribution in [0.5, 0.6) is 0 Å². The van der Waals surface area contributed by atoms with Crippen molar-refractivity contribution in [3.63, 3.8) is 0 Å². The second kappa shape index (κ2) is 7.54. The van der Waals surface area contributed by atoms with Gasteiger partial charge in [0.1, 0.15) is 0 Å². The van der Waals surface area contributed by atoms with Gasteiger partial charge in [0.15, 0.2) is 5.92 Å². The molecule has 29 heavy (non-hydrogen) atoms. The van der Waals surface area contributed by atoms with Gasteiger partial charge < -0.3 is 5.32 Å². The first kappa shape index (κ1) is 18.9. The predicted molar refractivity (Wildman–Crippen MR) is 112 cm³/mol. The first-order chi connectivity index (χ1) is 14.0. The van der Waals surface area contributed by atoms with E-state index < -0.39 is 23.8 Å². The van der Waals surface area contributed by atoms with Crippen LogP contribution in [0.3, 0.4) is 0 Å².